The molecule has 3 aromatic rings. The molecule has 0 unspecified atom stereocenters. The summed E-state index contributed by atoms with van der Waals surface area (Å²) in [6, 6.07) is 7.55. The van der Waals surface area contributed by atoms with Gasteiger partial charge in [-0.2, -0.15) is 5.10 Å². The summed E-state index contributed by atoms with van der Waals surface area (Å²) in [5.41, 5.74) is 4.71. The van der Waals surface area contributed by atoms with Crippen molar-refractivity contribution >= 4 is 40.3 Å². The molecule has 1 fully saturated rings. The van der Waals surface area contributed by atoms with Gasteiger partial charge in [-0.15, -0.1) is 0 Å². The molecule has 160 valence electrons. The lowest BCUT2D eigenvalue weighted by Crippen LogP contribution is -2.51. The lowest BCUT2D eigenvalue weighted by Gasteiger charge is -2.36. The highest BCUT2D eigenvalue weighted by molar-refractivity contribution is 7.80. The zero-order valence-corrected chi connectivity index (χ0v) is 18.2. The minimum atomic E-state index is 0.601. The number of ether oxygens (including phenoxy) is 2. The first-order valence-electron chi connectivity index (χ1n) is 9.79. The Labute approximate surface area is 185 Å². The summed E-state index contributed by atoms with van der Waals surface area (Å²) in [4.78, 5) is 17.2. The molecule has 3 heterocycles. The van der Waals surface area contributed by atoms with Crippen LogP contribution in [-0.4, -0.2) is 71.6 Å². The van der Waals surface area contributed by atoms with Gasteiger partial charge in [-0.05, 0) is 36.0 Å². The summed E-state index contributed by atoms with van der Waals surface area (Å²) in [5.74, 6) is 2.18. The molecular weight excluding hydrogens is 414 g/mol. The number of hydrogen-bond acceptors (Lipinski definition) is 8. The first-order valence-corrected chi connectivity index (χ1v) is 10.2. The highest BCUT2D eigenvalue weighted by Gasteiger charge is 2.22. The van der Waals surface area contributed by atoms with Crippen LogP contribution in [0.3, 0.4) is 0 Å². The van der Waals surface area contributed by atoms with Crippen molar-refractivity contribution in [3.63, 3.8) is 0 Å². The Morgan fingerprint density at radius 1 is 1.06 bits per heavy atom. The number of pyridine rings is 1. The predicted octanol–water partition coefficient (Wildman–Crippen LogP) is 2.07. The van der Waals surface area contributed by atoms with Crippen LogP contribution in [0.5, 0.6) is 11.5 Å². The van der Waals surface area contributed by atoms with Crippen molar-refractivity contribution < 1.29 is 9.47 Å². The quantitative estimate of drug-likeness (QED) is 0.366. The number of hydrogen-bond donors (Lipinski definition) is 1. The zero-order chi connectivity index (χ0) is 21.6. The van der Waals surface area contributed by atoms with Gasteiger partial charge >= 0.3 is 0 Å². The number of hydrazone groups is 1. The van der Waals surface area contributed by atoms with Gasteiger partial charge in [0.2, 0.25) is 0 Å². The summed E-state index contributed by atoms with van der Waals surface area (Å²) in [5, 5.41) is 5.75. The average molecular weight is 438 g/mol. The number of nitrogens with one attached hydrogen (secondary N) is 1. The summed E-state index contributed by atoms with van der Waals surface area (Å²) in [6.07, 6.45) is 6.75. The first-order chi connectivity index (χ1) is 15.2. The largest absolute Gasteiger partial charge is 0.493 e. The number of anilines is 1. The first kappa shape index (κ1) is 20.7. The Morgan fingerprint density at radius 3 is 2.48 bits per heavy atom. The van der Waals surface area contributed by atoms with Crippen LogP contribution in [0.4, 0.5) is 5.82 Å². The maximum atomic E-state index is 5.50. The van der Waals surface area contributed by atoms with Gasteiger partial charge < -0.3 is 19.3 Å². The molecule has 1 saturated heterocycles. The number of piperazine rings is 1. The lowest BCUT2D eigenvalue weighted by molar-refractivity contribution is 0.355. The Balaban J connectivity index is 1.42. The standard InChI is InChI=1S/C21H23N7O2S/c1-29-18-11-16-17(12-19(18)30-2)23-14-24-20(16)27-7-9-28(10-8-27)21(31)26-25-13-15-3-5-22-6-4-15/h3-6,11-14H,7-10H2,1-2H3,(H,26,31)/b25-13+. The molecule has 2 aromatic heterocycles. The molecule has 4 rings (SSSR count). The fourth-order valence-electron chi connectivity index (χ4n) is 3.43. The highest BCUT2D eigenvalue weighted by atomic mass is 32.1. The van der Waals surface area contributed by atoms with Crippen LogP contribution >= 0.6 is 12.2 Å². The number of benzene rings is 1. The third-order valence-corrected chi connectivity index (χ3v) is 5.42. The van der Waals surface area contributed by atoms with E-state index in [0.717, 1.165) is 48.5 Å². The predicted molar refractivity (Wildman–Crippen MR) is 124 cm³/mol. The van der Waals surface area contributed by atoms with Gasteiger partial charge in [0.25, 0.3) is 0 Å². The van der Waals surface area contributed by atoms with Gasteiger partial charge in [-0.3, -0.25) is 10.4 Å². The minimum Gasteiger partial charge on any atom is -0.493 e. The van der Waals surface area contributed by atoms with Crippen molar-refractivity contribution in [1.82, 2.24) is 25.3 Å². The van der Waals surface area contributed by atoms with Crippen LogP contribution in [0, 0.1) is 0 Å². The Kier molecular flexibility index (Phi) is 6.37. The molecule has 0 aliphatic carbocycles. The summed E-state index contributed by atoms with van der Waals surface area (Å²) >= 11 is 5.50. The van der Waals surface area contributed by atoms with Crippen molar-refractivity contribution in [1.29, 1.82) is 0 Å². The van der Waals surface area contributed by atoms with E-state index in [0.29, 0.717) is 16.6 Å². The molecule has 0 bridgehead atoms. The fourth-order valence-corrected chi connectivity index (χ4v) is 3.66. The minimum absolute atomic E-state index is 0.601. The van der Waals surface area contributed by atoms with Crippen LogP contribution in [-0.2, 0) is 0 Å². The molecule has 1 aromatic carbocycles. The maximum absolute atomic E-state index is 5.50. The SMILES string of the molecule is COc1cc2ncnc(N3CCN(C(=S)N/N=C/c4ccncc4)CC3)c2cc1OC. The molecule has 1 aliphatic rings. The van der Waals surface area contributed by atoms with E-state index in [-0.39, 0.29) is 0 Å². The zero-order valence-electron chi connectivity index (χ0n) is 17.4. The second kappa shape index (κ2) is 9.52. The van der Waals surface area contributed by atoms with Crippen LogP contribution in [0.15, 0.2) is 48.1 Å². The number of fused-ring (bicyclic) bond motifs is 1. The fraction of sp³-hybridized carbons (Fsp3) is 0.286. The topological polar surface area (TPSA) is 88.0 Å². The summed E-state index contributed by atoms with van der Waals surface area (Å²) in [6.45, 7) is 3.07. The number of aromatic nitrogens is 3. The van der Waals surface area contributed by atoms with Crippen molar-refractivity contribution in [3.8, 4) is 11.5 Å². The van der Waals surface area contributed by atoms with Crippen molar-refractivity contribution in [3.05, 3.63) is 48.5 Å². The van der Waals surface area contributed by atoms with E-state index in [1.807, 2.05) is 24.3 Å². The van der Waals surface area contributed by atoms with E-state index in [2.05, 4.69) is 35.3 Å². The maximum Gasteiger partial charge on any atom is 0.189 e. The second-order valence-electron chi connectivity index (χ2n) is 6.85. The van der Waals surface area contributed by atoms with Crippen molar-refractivity contribution in [2.75, 3.05) is 45.3 Å². The molecule has 9 nitrogen and oxygen atoms in total. The van der Waals surface area contributed by atoms with E-state index < -0.39 is 0 Å². The van der Waals surface area contributed by atoms with Crippen molar-refractivity contribution in [2.24, 2.45) is 5.10 Å². The van der Waals surface area contributed by atoms with E-state index in [1.165, 1.54) is 0 Å². The monoisotopic (exact) mass is 437 g/mol. The third-order valence-electron chi connectivity index (χ3n) is 5.07. The van der Waals surface area contributed by atoms with Crippen LogP contribution in [0.25, 0.3) is 10.9 Å². The molecule has 0 spiro atoms. The van der Waals surface area contributed by atoms with Crippen LogP contribution in [0.1, 0.15) is 5.56 Å². The van der Waals surface area contributed by atoms with E-state index in [9.17, 15) is 0 Å². The molecule has 1 N–H and O–H groups in total. The smallest absolute Gasteiger partial charge is 0.189 e. The van der Waals surface area contributed by atoms with Gasteiger partial charge in [0.1, 0.15) is 12.1 Å². The van der Waals surface area contributed by atoms with Crippen LogP contribution < -0.4 is 19.8 Å². The Bertz CT molecular complexity index is 1090. The molecule has 1 aliphatic heterocycles. The van der Waals surface area contributed by atoms with Gasteiger partial charge in [0, 0.05) is 50.0 Å². The Hall–Kier alpha value is -3.53. The number of thiocarbonyl (C=S) groups is 1. The average Bonchev–Trinajstić information content (AvgIpc) is 2.83. The normalized spacial score (nSPS) is 14.1. The third kappa shape index (κ3) is 4.64. The van der Waals surface area contributed by atoms with Gasteiger partial charge in [-0.1, -0.05) is 0 Å². The molecule has 0 amide bonds. The molecule has 10 heteroatoms. The van der Waals surface area contributed by atoms with Gasteiger partial charge in [0.15, 0.2) is 16.6 Å². The summed E-state index contributed by atoms with van der Waals surface area (Å²) < 4.78 is 10.8. The molecule has 31 heavy (non-hydrogen) atoms. The molecule has 0 radical (unpaired) electrons. The van der Waals surface area contributed by atoms with E-state index >= 15 is 0 Å². The second-order valence-corrected chi connectivity index (χ2v) is 7.24. The molecular formula is C21H23N7O2S. The highest BCUT2D eigenvalue weighted by Crippen LogP contribution is 2.34. The Morgan fingerprint density at radius 2 is 1.77 bits per heavy atom. The van der Waals surface area contributed by atoms with Crippen molar-refractivity contribution in [2.45, 2.75) is 0 Å². The van der Waals surface area contributed by atoms with E-state index in [4.69, 9.17) is 21.7 Å². The van der Waals surface area contributed by atoms with E-state index in [1.54, 1.807) is 39.2 Å². The lowest BCUT2D eigenvalue weighted by atomic mass is 10.2. The molecule has 0 saturated carbocycles. The molecule has 0 atom stereocenters. The number of rotatable bonds is 5. The number of nitrogens with zero attached hydrogens (tertiary/aromatic N) is 6. The summed E-state index contributed by atoms with van der Waals surface area (Å²) in [7, 11) is 3.24. The van der Waals surface area contributed by atoms with Crippen LogP contribution in [0.2, 0.25) is 0 Å². The number of methoxy groups -OCH3 is 2. The van der Waals surface area contributed by atoms with Gasteiger partial charge in [-0.25, -0.2) is 9.97 Å². The van der Waals surface area contributed by atoms with Gasteiger partial charge in [0.05, 0.1) is 26.0 Å².